The molecule has 0 bridgehead atoms. The van der Waals surface area contributed by atoms with Crippen LogP contribution in [0.1, 0.15) is 19.6 Å². The van der Waals surface area contributed by atoms with Crippen LogP contribution in [0.4, 0.5) is 0 Å². The van der Waals surface area contributed by atoms with Crippen molar-refractivity contribution in [3.05, 3.63) is 17.9 Å². The molecule has 120 valence electrons. The normalized spacial score (nSPS) is 12.5. The Balaban J connectivity index is 2.86. The van der Waals surface area contributed by atoms with E-state index in [4.69, 9.17) is 10.2 Å². The Hall–Kier alpha value is -1.38. The van der Waals surface area contributed by atoms with Gasteiger partial charge in [-0.3, -0.25) is 9.69 Å². The highest BCUT2D eigenvalue weighted by molar-refractivity contribution is 7.88. The highest BCUT2D eigenvalue weighted by atomic mass is 32.2. The molecule has 0 aliphatic carbocycles. The molecular weight excluding hydrogens is 294 g/mol. The van der Waals surface area contributed by atoms with Gasteiger partial charge in [0.15, 0.2) is 0 Å². The molecule has 0 aliphatic heterocycles. The van der Waals surface area contributed by atoms with E-state index in [1.54, 1.807) is 6.07 Å². The van der Waals surface area contributed by atoms with Crippen molar-refractivity contribution in [2.24, 2.45) is 11.7 Å². The summed E-state index contributed by atoms with van der Waals surface area (Å²) in [4.78, 5) is 12.9. The first-order chi connectivity index (χ1) is 9.62. The number of carbonyl (C=O) groups excluding carboxylic acids is 1. The fourth-order valence-corrected chi connectivity index (χ4v) is 2.72. The van der Waals surface area contributed by atoms with Crippen molar-refractivity contribution in [3.63, 3.8) is 0 Å². The van der Waals surface area contributed by atoms with Crippen molar-refractivity contribution in [1.82, 2.24) is 9.21 Å². The Morgan fingerprint density at radius 3 is 2.43 bits per heavy atom. The van der Waals surface area contributed by atoms with Gasteiger partial charge in [-0.25, -0.2) is 12.7 Å². The number of furan rings is 1. The van der Waals surface area contributed by atoms with Crippen LogP contribution in [0.2, 0.25) is 0 Å². The van der Waals surface area contributed by atoms with Crippen molar-refractivity contribution < 1.29 is 17.6 Å². The lowest BCUT2D eigenvalue weighted by Gasteiger charge is -2.21. The van der Waals surface area contributed by atoms with Crippen LogP contribution in [0.15, 0.2) is 21.6 Å². The average molecular weight is 317 g/mol. The summed E-state index contributed by atoms with van der Waals surface area (Å²) in [7, 11) is -0.701. The molecule has 8 heteroatoms. The average Bonchev–Trinajstić information content (AvgIpc) is 2.75. The van der Waals surface area contributed by atoms with Crippen LogP contribution in [0.25, 0.3) is 0 Å². The van der Waals surface area contributed by atoms with Gasteiger partial charge in [-0.05, 0) is 18.1 Å². The SMILES string of the molecule is CC(C)CN(CC(N)=O)Cc1ccc(S(=O)(=O)N(C)C)o1. The molecule has 0 spiro atoms. The molecule has 1 heterocycles. The molecule has 7 nitrogen and oxygen atoms in total. The standard InChI is InChI=1S/C13H23N3O4S/c1-10(2)7-16(9-12(14)17)8-11-5-6-13(20-11)21(18,19)15(3)4/h5-6,10H,7-9H2,1-4H3,(H2,14,17). The van der Waals surface area contributed by atoms with E-state index in [0.29, 0.717) is 24.8 Å². The molecule has 0 aromatic carbocycles. The number of sulfonamides is 1. The Morgan fingerprint density at radius 2 is 1.95 bits per heavy atom. The predicted molar refractivity (Wildman–Crippen MR) is 78.9 cm³/mol. The third-order valence-corrected chi connectivity index (χ3v) is 4.44. The van der Waals surface area contributed by atoms with E-state index in [-0.39, 0.29) is 11.6 Å². The van der Waals surface area contributed by atoms with Crippen LogP contribution >= 0.6 is 0 Å². The Labute approximate surface area is 125 Å². The third-order valence-electron chi connectivity index (χ3n) is 2.75. The van der Waals surface area contributed by atoms with Gasteiger partial charge in [0.2, 0.25) is 11.0 Å². The van der Waals surface area contributed by atoms with E-state index in [2.05, 4.69) is 0 Å². The largest absolute Gasteiger partial charge is 0.447 e. The summed E-state index contributed by atoms with van der Waals surface area (Å²) in [6.07, 6.45) is 0. The van der Waals surface area contributed by atoms with Gasteiger partial charge < -0.3 is 10.2 Å². The van der Waals surface area contributed by atoms with Crippen molar-refractivity contribution in [2.45, 2.75) is 25.5 Å². The number of rotatable bonds is 8. The van der Waals surface area contributed by atoms with E-state index in [9.17, 15) is 13.2 Å². The molecule has 1 rings (SSSR count). The highest BCUT2D eigenvalue weighted by Crippen LogP contribution is 2.18. The molecule has 0 radical (unpaired) electrons. The molecule has 0 saturated heterocycles. The Bertz CT molecular complexity index is 578. The van der Waals surface area contributed by atoms with Gasteiger partial charge in [0.05, 0.1) is 13.1 Å². The van der Waals surface area contributed by atoms with Gasteiger partial charge in [0.1, 0.15) is 5.76 Å². The number of hydrogen-bond donors (Lipinski definition) is 1. The van der Waals surface area contributed by atoms with Crippen LogP contribution in [-0.2, 0) is 21.4 Å². The van der Waals surface area contributed by atoms with Gasteiger partial charge in [-0.2, -0.15) is 0 Å². The van der Waals surface area contributed by atoms with Crippen molar-refractivity contribution >= 4 is 15.9 Å². The smallest absolute Gasteiger partial charge is 0.275 e. The number of nitrogens with zero attached hydrogens (tertiary/aromatic N) is 2. The summed E-state index contributed by atoms with van der Waals surface area (Å²) in [6, 6.07) is 3.02. The molecule has 0 fully saturated rings. The maximum atomic E-state index is 11.9. The summed E-state index contributed by atoms with van der Waals surface area (Å²) in [5, 5.41) is -0.105. The second-order valence-corrected chi connectivity index (χ2v) is 7.62. The summed E-state index contributed by atoms with van der Waals surface area (Å²) in [6.45, 7) is 5.16. The summed E-state index contributed by atoms with van der Waals surface area (Å²) in [5.41, 5.74) is 5.22. The van der Waals surface area contributed by atoms with E-state index >= 15 is 0 Å². The number of primary amides is 1. The van der Waals surface area contributed by atoms with Gasteiger partial charge in [0, 0.05) is 20.6 Å². The van der Waals surface area contributed by atoms with Gasteiger partial charge in [-0.15, -0.1) is 0 Å². The maximum Gasteiger partial charge on any atom is 0.275 e. The van der Waals surface area contributed by atoms with Crippen LogP contribution in [0, 0.1) is 5.92 Å². The minimum absolute atomic E-state index is 0.105. The Kier molecular flexibility index (Phi) is 5.94. The zero-order chi connectivity index (χ0) is 16.2. The van der Waals surface area contributed by atoms with E-state index in [1.807, 2.05) is 18.7 Å². The molecule has 0 aliphatic rings. The van der Waals surface area contributed by atoms with Crippen LogP contribution in [-0.4, -0.2) is 50.7 Å². The molecule has 1 aromatic rings. The van der Waals surface area contributed by atoms with Crippen LogP contribution in [0.3, 0.4) is 0 Å². The second-order valence-electron chi connectivity index (χ2n) is 5.54. The van der Waals surface area contributed by atoms with E-state index in [1.165, 1.54) is 20.2 Å². The van der Waals surface area contributed by atoms with Gasteiger partial charge >= 0.3 is 0 Å². The lowest BCUT2D eigenvalue weighted by molar-refractivity contribution is -0.119. The highest BCUT2D eigenvalue weighted by Gasteiger charge is 2.22. The fourth-order valence-electron chi connectivity index (χ4n) is 1.90. The first-order valence-electron chi connectivity index (χ1n) is 6.64. The summed E-state index contributed by atoms with van der Waals surface area (Å²) < 4.78 is 30.3. The molecule has 0 unspecified atom stereocenters. The zero-order valence-corrected chi connectivity index (χ0v) is 13.7. The van der Waals surface area contributed by atoms with Gasteiger partial charge in [0.25, 0.3) is 10.0 Å². The number of amides is 1. The molecule has 1 amide bonds. The molecule has 0 atom stereocenters. The van der Waals surface area contributed by atoms with Crippen LogP contribution < -0.4 is 5.73 Å². The topological polar surface area (TPSA) is 96.8 Å². The molecular formula is C13H23N3O4S. The molecule has 21 heavy (non-hydrogen) atoms. The second kappa shape index (κ2) is 7.06. The van der Waals surface area contributed by atoms with Gasteiger partial charge in [-0.1, -0.05) is 13.8 Å². The quantitative estimate of drug-likeness (QED) is 0.752. The zero-order valence-electron chi connectivity index (χ0n) is 12.9. The van der Waals surface area contributed by atoms with Crippen molar-refractivity contribution in [3.8, 4) is 0 Å². The lowest BCUT2D eigenvalue weighted by Crippen LogP contribution is -2.35. The molecule has 0 saturated carbocycles. The van der Waals surface area contributed by atoms with Crippen molar-refractivity contribution in [2.75, 3.05) is 27.2 Å². The lowest BCUT2D eigenvalue weighted by atomic mass is 10.2. The summed E-state index contributed by atoms with van der Waals surface area (Å²) in [5.74, 6) is 0.407. The number of nitrogens with two attached hydrogens (primary N) is 1. The van der Waals surface area contributed by atoms with E-state index < -0.39 is 15.9 Å². The molecule has 2 N–H and O–H groups in total. The molecule has 1 aromatic heterocycles. The number of carbonyl (C=O) groups is 1. The Morgan fingerprint density at radius 1 is 1.33 bits per heavy atom. The summed E-state index contributed by atoms with van der Waals surface area (Å²) >= 11 is 0. The van der Waals surface area contributed by atoms with Crippen molar-refractivity contribution in [1.29, 1.82) is 0 Å². The first kappa shape index (κ1) is 17.7. The fraction of sp³-hybridized carbons (Fsp3) is 0.615. The minimum Gasteiger partial charge on any atom is -0.447 e. The monoisotopic (exact) mass is 317 g/mol. The number of hydrogen-bond acceptors (Lipinski definition) is 5. The maximum absolute atomic E-state index is 11.9. The minimum atomic E-state index is -3.58. The third kappa shape index (κ3) is 5.14. The predicted octanol–water partition coefficient (Wildman–Crippen LogP) is 0.473. The first-order valence-corrected chi connectivity index (χ1v) is 8.08. The van der Waals surface area contributed by atoms with Crippen LogP contribution in [0.5, 0.6) is 0 Å². The van der Waals surface area contributed by atoms with E-state index in [0.717, 1.165) is 4.31 Å².